The van der Waals surface area contributed by atoms with Crippen molar-refractivity contribution in [2.24, 2.45) is 13.0 Å². The van der Waals surface area contributed by atoms with Gasteiger partial charge in [-0.1, -0.05) is 18.9 Å². The number of alkyl halides is 3. The summed E-state index contributed by atoms with van der Waals surface area (Å²) in [6.07, 6.45) is 0.0716. The van der Waals surface area contributed by atoms with Gasteiger partial charge in [0.1, 0.15) is 23.9 Å². The summed E-state index contributed by atoms with van der Waals surface area (Å²) < 4.78 is 51.9. The molecular formula is C28H29F3N4O4. The van der Waals surface area contributed by atoms with Crippen LogP contribution in [0.5, 0.6) is 11.5 Å². The topological polar surface area (TPSA) is 91.4 Å². The predicted octanol–water partition coefficient (Wildman–Crippen LogP) is 5.96. The number of rotatable bonds is 8. The van der Waals surface area contributed by atoms with Gasteiger partial charge in [-0.15, -0.1) is 13.2 Å². The Hall–Kier alpha value is -4.02. The van der Waals surface area contributed by atoms with Crippen molar-refractivity contribution in [2.75, 3.05) is 0 Å². The van der Waals surface area contributed by atoms with Gasteiger partial charge in [-0.2, -0.15) is 5.10 Å². The first-order valence-electron chi connectivity index (χ1n) is 12.8. The van der Waals surface area contributed by atoms with E-state index in [0.717, 1.165) is 29.6 Å². The minimum absolute atomic E-state index is 0.275. The van der Waals surface area contributed by atoms with E-state index in [4.69, 9.17) is 9.72 Å². The Morgan fingerprint density at radius 2 is 1.87 bits per heavy atom. The molecule has 0 radical (unpaired) electrons. The van der Waals surface area contributed by atoms with Gasteiger partial charge in [-0.25, -0.2) is 4.98 Å². The Labute approximate surface area is 223 Å². The number of ether oxygens (including phenoxy) is 2. The molecular weight excluding hydrogens is 513 g/mol. The van der Waals surface area contributed by atoms with Gasteiger partial charge >= 0.3 is 12.3 Å². The van der Waals surface area contributed by atoms with E-state index in [1.807, 2.05) is 42.1 Å². The predicted molar refractivity (Wildman–Crippen MR) is 137 cm³/mol. The fourth-order valence-corrected chi connectivity index (χ4v) is 5.31. The number of benzene rings is 2. The molecule has 0 amide bonds. The van der Waals surface area contributed by atoms with E-state index in [9.17, 15) is 23.1 Å². The van der Waals surface area contributed by atoms with Crippen molar-refractivity contribution < 1.29 is 32.5 Å². The monoisotopic (exact) mass is 542 g/mol. The molecule has 8 nitrogen and oxygen atoms in total. The summed E-state index contributed by atoms with van der Waals surface area (Å²) >= 11 is 0. The van der Waals surface area contributed by atoms with Crippen molar-refractivity contribution in [3.8, 4) is 11.5 Å². The lowest BCUT2D eigenvalue weighted by atomic mass is 9.78. The second-order valence-corrected chi connectivity index (χ2v) is 9.95. The fraction of sp³-hybridized carbons (Fsp3) is 0.393. The highest BCUT2D eigenvalue weighted by molar-refractivity contribution is 5.79. The number of aromatic nitrogens is 4. The summed E-state index contributed by atoms with van der Waals surface area (Å²) in [5.41, 5.74) is 3.61. The van der Waals surface area contributed by atoms with Crippen LogP contribution >= 0.6 is 0 Å². The second kappa shape index (κ2) is 10.6. The molecule has 2 aromatic carbocycles. The van der Waals surface area contributed by atoms with Gasteiger partial charge in [0.2, 0.25) is 0 Å². The summed E-state index contributed by atoms with van der Waals surface area (Å²) in [6.45, 7) is 2.30. The van der Waals surface area contributed by atoms with Gasteiger partial charge in [0.15, 0.2) is 0 Å². The smallest absolute Gasteiger partial charge is 0.487 e. The maximum Gasteiger partial charge on any atom is 0.573 e. The van der Waals surface area contributed by atoms with Gasteiger partial charge in [-0.3, -0.25) is 9.48 Å². The van der Waals surface area contributed by atoms with E-state index < -0.39 is 18.2 Å². The van der Waals surface area contributed by atoms with Crippen molar-refractivity contribution >= 4 is 17.0 Å². The lowest BCUT2D eigenvalue weighted by Crippen LogP contribution is -2.28. The molecule has 11 heteroatoms. The van der Waals surface area contributed by atoms with Gasteiger partial charge in [0, 0.05) is 31.8 Å². The second-order valence-electron chi connectivity index (χ2n) is 9.95. The first kappa shape index (κ1) is 26.6. The molecule has 0 bridgehead atoms. The number of aliphatic carboxylic acids is 1. The highest BCUT2D eigenvalue weighted by Crippen LogP contribution is 2.40. The number of imidazole rings is 1. The molecule has 0 unspecified atom stereocenters. The zero-order valence-corrected chi connectivity index (χ0v) is 21.6. The highest BCUT2D eigenvalue weighted by atomic mass is 19.4. The van der Waals surface area contributed by atoms with E-state index >= 15 is 0 Å². The van der Waals surface area contributed by atoms with E-state index in [1.165, 1.54) is 12.1 Å². The number of carboxylic acid groups (broad SMARTS) is 1. The molecule has 39 heavy (non-hydrogen) atoms. The molecule has 5 rings (SSSR count). The molecule has 1 saturated carbocycles. The van der Waals surface area contributed by atoms with Crippen molar-refractivity contribution in [3.63, 3.8) is 0 Å². The van der Waals surface area contributed by atoms with E-state index in [0.29, 0.717) is 42.0 Å². The van der Waals surface area contributed by atoms with Crippen LogP contribution in [0.2, 0.25) is 0 Å². The van der Waals surface area contributed by atoms with E-state index in [2.05, 4.69) is 9.84 Å². The van der Waals surface area contributed by atoms with Crippen LogP contribution in [0.3, 0.4) is 0 Å². The lowest BCUT2D eigenvalue weighted by molar-refractivity contribution is -0.274. The third-order valence-electron chi connectivity index (χ3n) is 7.20. The van der Waals surface area contributed by atoms with Crippen LogP contribution in [0.25, 0.3) is 11.0 Å². The Morgan fingerprint density at radius 3 is 2.56 bits per heavy atom. The summed E-state index contributed by atoms with van der Waals surface area (Å²) in [7, 11) is 1.83. The quantitative estimate of drug-likeness (QED) is 0.295. The summed E-state index contributed by atoms with van der Waals surface area (Å²) in [4.78, 5) is 17.0. The largest absolute Gasteiger partial charge is 0.573 e. The third-order valence-corrected chi connectivity index (χ3v) is 7.20. The SMILES string of the molecule is Cc1cc(OC(F)(F)F)ccc1Cn1c([C@H]2CCCC[C@H]2C(=O)O)nc2ccc(OCc3ccn(C)n3)cc21. The molecule has 1 N–H and O–H groups in total. The zero-order chi connectivity index (χ0) is 27.7. The molecule has 1 aliphatic rings. The van der Waals surface area contributed by atoms with Gasteiger partial charge in [-0.05, 0) is 61.2 Å². The van der Waals surface area contributed by atoms with Crippen LogP contribution in [0.4, 0.5) is 13.2 Å². The number of hydrogen-bond donors (Lipinski definition) is 1. The van der Waals surface area contributed by atoms with Gasteiger partial charge in [0.25, 0.3) is 0 Å². The standard InChI is InChI=1S/C28H29F3N4O4/c1-17-13-21(39-28(29,30)31)8-7-18(17)15-35-25-14-20(38-16-19-11-12-34(2)33-19)9-10-24(25)32-26(35)22-5-3-4-6-23(22)27(36)37/h7-14,22-23H,3-6,15-16H2,1-2H3,(H,36,37)/t22-,23+/m0/s1. The van der Waals surface area contributed by atoms with E-state index in [1.54, 1.807) is 17.7 Å². The fourth-order valence-electron chi connectivity index (χ4n) is 5.31. The molecule has 2 aromatic heterocycles. The molecule has 0 aliphatic heterocycles. The third kappa shape index (κ3) is 6.02. The Balaban J connectivity index is 1.53. The maximum absolute atomic E-state index is 12.7. The van der Waals surface area contributed by atoms with Gasteiger partial charge in [0.05, 0.1) is 22.6 Å². The van der Waals surface area contributed by atoms with Crippen LogP contribution in [-0.4, -0.2) is 36.8 Å². The molecule has 0 spiro atoms. The number of halogens is 3. The molecule has 2 atom stereocenters. The number of carbonyl (C=O) groups is 1. The van der Waals surface area contributed by atoms with E-state index in [-0.39, 0.29) is 18.3 Å². The van der Waals surface area contributed by atoms with Crippen LogP contribution in [0.15, 0.2) is 48.7 Å². The van der Waals surface area contributed by atoms with Gasteiger partial charge < -0.3 is 19.1 Å². The van der Waals surface area contributed by atoms with Crippen molar-refractivity contribution in [1.29, 1.82) is 0 Å². The Bertz CT molecular complexity index is 1490. The maximum atomic E-state index is 12.7. The molecule has 1 aliphatic carbocycles. The average Bonchev–Trinajstić information content (AvgIpc) is 3.46. The zero-order valence-electron chi connectivity index (χ0n) is 21.6. The minimum atomic E-state index is -4.78. The Kier molecular flexibility index (Phi) is 7.24. The molecule has 1 fully saturated rings. The molecule has 206 valence electrons. The van der Waals surface area contributed by atoms with Crippen LogP contribution in [-0.2, 0) is 25.0 Å². The number of fused-ring (bicyclic) bond motifs is 1. The minimum Gasteiger partial charge on any atom is -0.487 e. The Morgan fingerprint density at radius 1 is 1.10 bits per heavy atom. The van der Waals surface area contributed by atoms with Crippen LogP contribution in [0.1, 0.15) is 54.2 Å². The molecule has 0 saturated heterocycles. The highest BCUT2D eigenvalue weighted by Gasteiger charge is 2.35. The number of carboxylic acids is 1. The molecule has 2 heterocycles. The summed E-state index contributed by atoms with van der Waals surface area (Å²) in [6, 6.07) is 11.6. The van der Waals surface area contributed by atoms with Crippen molar-refractivity contribution in [2.45, 2.75) is 58.0 Å². The van der Waals surface area contributed by atoms with Crippen molar-refractivity contribution in [3.05, 3.63) is 71.3 Å². The summed E-state index contributed by atoms with van der Waals surface area (Å²) in [5, 5.41) is 14.3. The number of hydrogen-bond acceptors (Lipinski definition) is 5. The van der Waals surface area contributed by atoms with Crippen molar-refractivity contribution in [1.82, 2.24) is 19.3 Å². The molecule has 4 aromatic rings. The first-order chi connectivity index (χ1) is 18.6. The number of aryl methyl sites for hydroxylation is 2. The average molecular weight is 543 g/mol. The van der Waals surface area contributed by atoms with Crippen LogP contribution < -0.4 is 9.47 Å². The normalized spacial score (nSPS) is 17.9. The van der Waals surface area contributed by atoms with Crippen LogP contribution in [0, 0.1) is 12.8 Å². The first-order valence-corrected chi connectivity index (χ1v) is 12.8. The lowest BCUT2D eigenvalue weighted by Gasteiger charge is -2.28. The number of nitrogens with zero attached hydrogens (tertiary/aromatic N) is 4. The summed E-state index contributed by atoms with van der Waals surface area (Å²) in [5.74, 6) is -0.711.